The van der Waals surface area contributed by atoms with E-state index in [0.29, 0.717) is 0 Å². The quantitative estimate of drug-likeness (QED) is 0.623. The van der Waals surface area contributed by atoms with Crippen LogP contribution in [0.25, 0.3) is 11.4 Å². The number of carbonyl (C=O) groups is 1. The molecule has 2 aromatic carbocycles. The van der Waals surface area contributed by atoms with Gasteiger partial charge in [0.2, 0.25) is 5.91 Å². The second-order valence-corrected chi connectivity index (χ2v) is 8.69. The van der Waals surface area contributed by atoms with Crippen molar-refractivity contribution in [1.82, 2.24) is 14.8 Å². The van der Waals surface area contributed by atoms with Crippen molar-refractivity contribution in [3.63, 3.8) is 0 Å². The second kappa shape index (κ2) is 7.43. The summed E-state index contributed by atoms with van der Waals surface area (Å²) < 4.78 is 1.96. The van der Waals surface area contributed by atoms with E-state index in [1.807, 2.05) is 53.8 Å². The second-order valence-electron chi connectivity index (χ2n) is 7.38. The number of thioether (sulfide) groups is 1. The molecule has 1 aliphatic rings. The van der Waals surface area contributed by atoms with Crippen molar-refractivity contribution in [2.24, 2.45) is 7.05 Å². The van der Waals surface area contributed by atoms with Crippen molar-refractivity contribution in [3.8, 4) is 11.4 Å². The number of hydrogen-bond acceptors (Lipinski definition) is 4. The van der Waals surface area contributed by atoms with Gasteiger partial charge in [0.1, 0.15) is 0 Å². The molecule has 1 amide bonds. The first-order chi connectivity index (χ1) is 13.5. The summed E-state index contributed by atoms with van der Waals surface area (Å²) in [5.41, 5.74) is 4.48. The Kier molecular flexibility index (Phi) is 4.98. The molecule has 2 unspecified atom stereocenters. The highest BCUT2D eigenvalue weighted by Gasteiger charge is 2.34. The minimum atomic E-state index is -0.248. The molecule has 2 atom stereocenters. The summed E-state index contributed by atoms with van der Waals surface area (Å²) in [5.74, 6) is 0.924. The van der Waals surface area contributed by atoms with Crippen LogP contribution in [0.4, 0.5) is 5.69 Å². The number of anilines is 1. The van der Waals surface area contributed by atoms with Gasteiger partial charge < -0.3 is 9.47 Å². The van der Waals surface area contributed by atoms with Crippen LogP contribution >= 0.6 is 11.8 Å². The molecule has 6 heteroatoms. The van der Waals surface area contributed by atoms with Crippen molar-refractivity contribution < 1.29 is 4.79 Å². The number of aromatic nitrogens is 3. The highest BCUT2D eigenvalue weighted by molar-refractivity contribution is 8.00. The smallest absolute Gasteiger partial charge is 0.240 e. The van der Waals surface area contributed by atoms with Gasteiger partial charge in [0.25, 0.3) is 0 Å². The van der Waals surface area contributed by atoms with E-state index in [0.717, 1.165) is 28.7 Å². The van der Waals surface area contributed by atoms with Gasteiger partial charge in [-0.15, -0.1) is 10.2 Å². The SMILES string of the molecule is Cc1cccc(-c2nnc(SC(C)C(=O)N3c4ccccc4CC3C)n2C)c1. The number of rotatable bonds is 4. The molecule has 0 radical (unpaired) electrons. The van der Waals surface area contributed by atoms with E-state index in [1.54, 1.807) is 0 Å². The molecule has 0 aliphatic carbocycles. The standard InChI is InChI=1S/C22H24N4OS/c1-14-8-7-10-18(12-14)20-23-24-22(25(20)4)28-16(3)21(27)26-15(2)13-17-9-5-6-11-19(17)26/h5-12,15-16H,13H2,1-4H3. The first kappa shape index (κ1) is 18.7. The molecule has 0 spiro atoms. The van der Waals surface area contributed by atoms with Gasteiger partial charge in [-0.25, -0.2) is 0 Å². The summed E-state index contributed by atoms with van der Waals surface area (Å²) in [5, 5.41) is 9.19. The van der Waals surface area contributed by atoms with Crippen LogP contribution < -0.4 is 4.90 Å². The molecule has 0 fully saturated rings. The number of amides is 1. The number of nitrogens with zero attached hydrogens (tertiary/aromatic N) is 4. The highest BCUT2D eigenvalue weighted by atomic mass is 32.2. The molecule has 2 heterocycles. The molecular formula is C22H24N4OS. The van der Waals surface area contributed by atoms with E-state index in [4.69, 9.17) is 0 Å². The van der Waals surface area contributed by atoms with Crippen molar-refractivity contribution in [2.75, 3.05) is 4.90 Å². The van der Waals surface area contributed by atoms with Gasteiger partial charge in [-0.3, -0.25) is 4.79 Å². The summed E-state index contributed by atoms with van der Waals surface area (Å²) in [6.07, 6.45) is 0.904. The topological polar surface area (TPSA) is 51.0 Å². The highest BCUT2D eigenvalue weighted by Crippen LogP contribution is 2.35. The number of carbonyl (C=O) groups excluding carboxylic acids is 1. The minimum absolute atomic E-state index is 0.113. The Morgan fingerprint density at radius 1 is 1.18 bits per heavy atom. The van der Waals surface area contributed by atoms with E-state index in [9.17, 15) is 4.79 Å². The fourth-order valence-electron chi connectivity index (χ4n) is 3.76. The van der Waals surface area contributed by atoms with Crippen LogP contribution in [0.1, 0.15) is 25.0 Å². The largest absolute Gasteiger partial charge is 0.308 e. The maximum atomic E-state index is 13.2. The average Bonchev–Trinajstić information content (AvgIpc) is 3.20. The number of fused-ring (bicyclic) bond motifs is 1. The minimum Gasteiger partial charge on any atom is -0.308 e. The zero-order valence-electron chi connectivity index (χ0n) is 16.6. The van der Waals surface area contributed by atoms with Crippen molar-refractivity contribution in [1.29, 1.82) is 0 Å². The van der Waals surface area contributed by atoms with E-state index in [2.05, 4.69) is 42.2 Å². The van der Waals surface area contributed by atoms with Crippen LogP contribution in [0.3, 0.4) is 0 Å². The van der Waals surface area contributed by atoms with Crippen molar-refractivity contribution in [2.45, 2.75) is 43.6 Å². The molecule has 4 rings (SSSR count). The lowest BCUT2D eigenvalue weighted by Crippen LogP contribution is -2.40. The molecule has 5 nitrogen and oxygen atoms in total. The summed E-state index contributed by atoms with van der Waals surface area (Å²) in [6, 6.07) is 16.5. The average molecular weight is 393 g/mol. The fraction of sp³-hybridized carbons (Fsp3) is 0.318. The summed E-state index contributed by atoms with van der Waals surface area (Å²) in [4.78, 5) is 15.1. The van der Waals surface area contributed by atoms with Crippen molar-refractivity contribution in [3.05, 3.63) is 59.7 Å². The molecule has 28 heavy (non-hydrogen) atoms. The van der Waals surface area contributed by atoms with Gasteiger partial charge in [0.05, 0.1) is 5.25 Å². The van der Waals surface area contributed by atoms with E-state index < -0.39 is 0 Å². The summed E-state index contributed by atoms with van der Waals surface area (Å²) in [6.45, 7) is 6.11. The predicted octanol–water partition coefficient (Wildman–Crippen LogP) is 4.25. The molecule has 0 saturated heterocycles. The number of aryl methyl sites for hydroxylation is 1. The van der Waals surface area contributed by atoms with Gasteiger partial charge in [-0.2, -0.15) is 0 Å². The Hall–Kier alpha value is -2.60. The predicted molar refractivity (Wildman–Crippen MR) is 114 cm³/mol. The third-order valence-corrected chi connectivity index (χ3v) is 6.31. The van der Waals surface area contributed by atoms with Gasteiger partial charge in [-0.1, -0.05) is 53.7 Å². The Labute approximate surface area is 169 Å². The molecule has 0 N–H and O–H groups in total. The maximum absolute atomic E-state index is 13.2. The van der Waals surface area contributed by atoms with Crippen LogP contribution in [0.15, 0.2) is 53.7 Å². The van der Waals surface area contributed by atoms with Crippen LogP contribution in [0.5, 0.6) is 0 Å². The molecule has 0 bridgehead atoms. The molecule has 0 saturated carbocycles. The lowest BCUT2D eigenvalue weighted by atomic mass is 10.1. The van der Waals surface area contributed by atoms with Gasteiger partial charge in [0, 0.05) is 24.3 Å². The summed E-state index contributed by atoms with van der Waals surface area (Å²) >= 11 is 1.46. The van der Waals surface area contributed by atoms with E-state index >= 15 is 0 Å². The third kappa shape index (κ3) is 3.33. The van der Waals surface area contributed by atoms with Crippen molar-refractivity contribution >= 4 is 23.4 Å². The number of para-hydroxylation sites is 1. The molecule has 1 aliphatic heterocycles. The van der Waals surface area contributed by atoms with Crippen LogP contribution in [-0.4, -0.2) is 32.0 Å². The zero-order valence-corrected chi connectivity index (χ0v) is 17.4. The Morgan fingerprint density at radius 3 is 2.75 bits per heavy atom. The Bertz CT molecular complexity index is 1030. The molecule has 3 aromatic rings. The third-order valence-electron chi connectivity index (χ3n) is 5.19. The van der Waals surface area contributed by atoms with E-state index in [1.165, 1.54) is 22.9 Å². The van der Waals surface area contributed by atoms with E-state index in [-0.39, 0.29) is 17.2 Å². The first-order valence-electron chi connectivity index (χ1n) is 9.49. The number of hydrogen-bond donors (Lipinski definition) is 0. The Morgan fingerprint density at radius 2 is 1.96 bits per heavy atom. The first-order valence-corrected chi connectivity index (χ1v) is 10.4. The van der Waals surface area contributed by atoms with Gasteiger partial charge >= 0.3 is 0 Å². The maximum Gasteiger partial charge on any atom is 0.240 e. The van der Waals surface area contributed by atoms with Crippen LogP contribution in [0.2, 0.25) is 0 Å². The van der Waals surface area contributed by atoms with Crippen LogP contribution in [-0.2, 0) is 18.3 Å². The normalized spacial score (nSPS) is 16.9. The summed E-state index contributed by atoms with van der Waals surface area (Å²) in [7, 11) is 1.95. The van der Waals surface area contributed by atoms with Crippen LogP contribution in [0, 0.1) is 6.92 Å². The lowest BCUT2D eigenvalue weighted by molar-refractivity contribution is -0.118. The lowest BCUT2D eigenvalue weighted by Gasteiger charge is -2.25. The molecule has 144 valence electrons. The zero-order chi connectivity index (χ0) is 19.8. The molecular weight excluding hydrogens is 368 g/mol. The van der Waals surface area contributed by atoms with Gasteiger partial charge in [0.15, 0.2) is 11.0 Å². The monoisotopic (exact) mass is 392 g/mol. The number of benzene rings is 2. The fourth-order valence-corrected chi connectivity index (χ4v) is 4.62. The Balaban J connectivity index is 1.55. The molecule has 1 aromatic heterocycles. The van der Waals surface area contributed by atoms with Gasteiger partial charge in [-0.05, 0) is 44.9 Å².